The van der Waals surface area contributed by atoms with Gasteiger partial charge in [-0.3, -0.25) is 0 Å². The quantitative estimate of drug-likeness (QED) is 0.458. The average Bonchev–Trinajstić information content (AvgIpc) is 2.47. The second-order valence-corrected chi connectivity index (χ2v) is 4.33. The van der Waals surface area contributed by atoms with Gasteiger partial charge >= 0.3 is 0 Å². The first kappa shape index (κ1) is 16.2. The Morgan fingerprint density at radius 1 is 1.29 bits per heavy atom. The van der Waals surface area contributed by atoms with Gasteiger partial charge in [0.1, 0.15) is 30.1 Å². The first-order valence-corrected chi connectivity index (χ1v) is 6.17. The van der Waals surface area contributed by atoms with Gasteiger partial charge in [-0.1, -0.05) is 17.3 Å². The van der Waals surface area contributed by atoms with Gasteiger partial charge in [-0.2, -0.15) is 10.5 Å². The van der Waals surface area contributed by atoms with E-state index >= 15 is 0 Å². The Bertz CT molecular complexity index is 590. The summed E-state index contributed by atoms with van der Waals surface area (Å²) in [7, 11) is 3.49. The molecule has 0 unspecified atom stereocenters. The van der Waals surface area contributed by atoms with Crippen LogP contribution in [0.5, 0.6) is 0 Å². The second kappa shape index (κ2) is 8.34. The monoisotopic (exact) mass is 286 g/mol. The lowest BCUT2D eigenvalue weighted by atomic mass is 10.2. The zero-order valence-corrected chi connectivity index (χ0v) is 11.9. The highest BCUT2D eigenvalue weighted by molar-refractivity contribution is 5.62. The van der Waals surface area contributed by atoms with Crippen LogP contribution in [-0.4, -0.2) is 25.2 Å². The van der Waals surface area contributed by atoms with E-state index in [0.29, 0.717) is 12.1 Å². The van der Waals surface area contributed by atoms with E-state index in [1.54, 1.807) is 31.1 Å². The smallest absolute Gasteiger partial charge is 0.149 e. The van der Waals surface area contributed by atoms with E-state index in [-0.39, 0.29) is 18.0 Å². The van der Waals surface area contributed by atoms with Gasteiger partial charge in [0, 0.05) is 32.4 Å². The van der Waals surface area contributed by atoms with E-state index in [9.17, 15) is 4.39 Å². The number of rotatable bonds is 6. The zero-order valence-electron chi connectivity index (χ0n) is 11.9. The molecule has 6 heteroatoms. The summed E-state index contributed by atoms with van der Waals surface area (Å²) in [5, 5.41) is 21.5. The summed E-state index contributed by atoms with van der Waals surface area (Å²) in [5.41, 5.74) is 1.41. The number of oxime groups is 1. The molecule has 1 rings (SSSR count). The van der Waals surface area contributed by atoms with Crippen LogP contribution < -0.4 is 0 Å². The summed E-state index contributed by atoms with van der Waals surface area (Å²) in [6.45, 7) is 0.223. The van der Waals surface area contributed by atoms with E-state index in [0.717, 1.165) is 5.56 Å². The lowest BCUT2D eigenvalue weighted by Gasteiger charge is -2.14. The molecule has 0 N–H and O–H groups in total. The fourth-order valence-electron chi connectivity index (χ4n) is 1.53. The number of allylic oxidation sites excluding steroid dienone is 2. The van der Waals surface area contributed by atoms with Gasteiger partial charge in [0.15, 0.2) is 0 Å². The van der Waals surface area contributed by atoms with Crippen LogP contribution in [-0.2, 0) is 11.4 Å². The highest BCUT2D eigenvalue weighted by atomic mass is 19.1. The minimum Gasteiger partial charge on any atom is -0.391 e. The standard InChI is InChI=1S/C15H15FN4O/c1-20(2)15(13(9-17)10-18)7-8-19-21-11-12-3-5-14(16)6-4-12/h3-6,8H,7,11H2,1-2H3/b19-8-. The molecule has 0 spiro atoms. The molecule has 0 atom stereocenters. The molecule has 1 aromatic carbocycles. The Hall–Kier alpha value is -2.86. The molecule has 0 aliphatic rings. The van der Waals surface area contributed by atoms with Crippen molar-refractivity contribution in [2.45, 2.75) is 13.0 Å². The lowest BCUT2D eigenvalue weighted by molar-refractivity contribution is 0.131. The van der Waals surface area contributed by atoms with Crippen LogP contribution in [0.4, 0.5) is 4.39 Å². The molecule has 0 heterocycles. The Morgan fingerprint density at radius 3 is 2.43 bits per heavy atom. The van der Waals surface area contributed by atoms with E-state index in [2.05, 4.69) is 5.16 Å². The van der Waals surface area contributed by atoms with E-state index < -0.39 is 0 Å². The maximum absolute atomic E-state index is 12.7. The molecule has 0 saturated heterocycles. The molecule has 1 aromatic rings. The minimum absolute atomic E-state index is 0.0463. The van der Waals surface area contributed by atoms with Gasteiger partial charge in [-0.05, 0) is 17.7 Å². The predicted molar refractivity (Wildman–Crippen MR) is 76.2 cm³/mol. The molecule has 0 amide bonds. The van der Waals surface area contributed by atoms with Crippen LogP contribution in [0, 0.1) is 28.5 Å². The molecule has 0 aromatic heterocycles. The molecule has 0 aliphatic heterocycles. The normalized spacial score (nSPS) is 9.76. The third-order valence-electron chi connectivity index (χ3n) is 2.63. The van der Waals surface area contributed by atoms with Crippen LogP contribution in [0.2, 0.25) is 0 Å². The lowest BCUT2D eigenvalue weighted by Crippen LogP contribution is -2.13. The number of hydrogen-bond donors (Lipinski definition) is 0. The van der Waals surface area contributed by atoms with Crippen LogP contribution >= 0.6 is 0 Å². The summed E-state index contributed by atoms with van der Waals surface area (Å²) >= 11 is 0. The van der Waals surface area contributed by atoms with Crippen molar-refractivity contribution in [1.29, 1.82) is 10.5 Å². The Kier molecular flexibility index (Phi) is 6.43. The molecule has 108 valence electrons. The third kappa shape index (κ3) is 5.33. The fourth-order valence-corrected chi connectivity index (χ4v) is 1.53. The van der Waals surface area contributed by atoms with Crippen molar-refractivity contribution in [2.75, 3.05) is 14.1 Å². The van der Waals surface area contributed by atoms with E-state index in [4.69, 9.17) is 15.4 Å². The maximum Gasteiger partial charge on any atom is 0.149 e. The summed E-state index contributed by atoms with van der Waals surface area (Å²) in [4.78, 5) is 6.77. The van der Waals surface area contributed by atoms with Crippen molar-refractivity contribution in [2.24, 2.45) is 5.16 Å². The van der Waals surface area contributed by atoms with Crippen molar-refractivity contribution in [3.05, 3.63) is 46.9 Å². The number of nitriles is 2. The number of nitrogens with zero attached hydrogens (tertiary/aromatic N) is 4. The van der Waals surface area contributed by atoms with Crippen LogP contribution in [0.3, 0.4) is 0 Å². The molecule has 0 aliphatic carbocycles. The van der Waals surface area contributed by atoms with Gasteiger partial charge in [0.25, 0.3) is 0 Å². The first-order chi connectivity index (χ1) is 10.1. The summed E-state index contributed by atoms with van der Waals surface area (Å²) in [5.74, 6) is -0.302. The van der Waals surface area contributed by atoms with Crippen molar-refractivity contribution in [3.8, 4) is 12.1 Å². The highest BCUT2D eigenvalue weighted by Gasteiger charge is 2.07. The van der Waals surface area contributed by atoms with Crippen molar-refractivity contribution >= 4 is 6.21 Å². The van der Waals surface area contributed by atoms with E-state index in [1.807, 2.05) is 12.1 Å². The summed E-state index contributed by atoms with van der Waals surface area (Å²) in [6.07, 6.45) is 1.79. The molecular formula is C15H15FN4O. The Balaban J connectivity index is 2.54. The van der Waals surface area contributed by atoms with E-state index in [1.165, 1.54) is 18.3 Å². The van der Waals surface area contributed by atoms with Crippen molar-refractivity contribution in [1.82, 2.24) is 4.90 Å². The predicted octanol–water partition coefficient (Wildman–Crippen LogP) is 2.58. The third-order valence-corrected chi connectivity index (χ3v) is 2.63. The summed E-state index contributed by atoms with van der Waals surface area (Å²) in [6, 6.07) is 9.61. The SMILES string of the molecule is CN(C)C(C/C=N\OCc1ccc(F)cc1)=C(C#N)C#N. The summed E-state index contributed by atoms with van der Waals surface area (Å²) < 4.78 is 12.7. The molecule has 5 nitrogen and oxygen atoms in total. The van der Waals surface area contributed by atoms with Gasteiger partial charge in [0.05, 0.1) is 0 Å². The van der Waals surface area contributed by atoms with Gasteiger partial charge in [-0.25, -0.2) is 4.39 Å². The zero-order chi connectivity index (χ0) is 15.7. The van der Waals surface area contributed by atoms with Gasteiger partial charge in [0.2, 0.25) is 0 Å². The fraction of sp³-hybridized carbons (Fsp3) is 0.267. The minimum atomic E-state index is -0.302. The van der Waals surface area contributed by atoms with Gasteiger partial charge < -0.3 is 9.74 Å². The highest BCUT2D eigenvalue weighted by Crippen LogP contribution is 2.09. The van der Waals surface area contributed by atoms with Crippen molar-refractivity contribution < 1.29 is 9.23 Å². The molecular weight excluding hydrogens is 271 g/mol. The molecule has 0 bridgehead atoms. The average molecular weight is 286 g/mol. The topological polar surface area (TPSA) is 72.4 Å². The molecule has 0 fully saturated rings. The molecule has 0 saturated carbocycles. The van der Waals surface area contributed by atoms with Crippen LogP contribution in [0.15, 0.2) is 40.7 Å². The Morgan fingerprint density at radius 2 is 1.90 bits per heavy atom. The molecule has 21 heavy (non-hydrogen) atoms. The largest absolute Gasteiger partial charge is 0.391 e. The van der Waals surface area contributed by atoms with Gasteiger partial charge in [-0.15, -0.1) is 0 Å². The van der Waals surface area contributed by atoms with Crippen LogP contribution in [0.25, 0.3) is 0 Å². The first-order valence-electron chi connectivity index (χ1n) is 6.17. The van der Waals surface area contributed by atoms with Crippen LogP contribution in [0.1, 0.15) is 12.0 Å². The second-order valence-electron chi connectivity index (χ2n) is 4.33. The molecule has 0 radical (unpaired) electrons. The Labute approximate surface area is 123 Å². The van der Waals surface area contributed by atoms with Crippen molar-refractivity contribution in [3.63, 3.8) is 0 Å². The number of halogens is 1. The number of hydrogen-bond acceptors (Lipinski definition) is 5. The maximum atomic E-state index is 12.7. The number of benzene rings is 1.